The highest BCUT2D eigenvalue weighted by Gasteiger charge is 2.20. The molecule has 1 saturated heterocycles. The predicted octanol–water partition coefficient (Wildman–Crippen LogP) is 2.51. The normalized spacial score (nSPS) is 15.8. The maximum Gasteiger partial charge on any atom is 0.219 e. The summed E-state index contributed by atoms with van der Waals surface area (Å²) in [6, 6.07) is 12.2. The Morgan fingerprint density at radius 1 is 1.03 bits per heavy atom. The fraction of sp³-hybridized carbons (Fsp3) is 0.375. The Bertz CT molecular complexity index is 1050. The molecule has 162 valence electrons. The highest BCUT2D eigenvalue weighted by Crippen LogP contribution is 2.26. The lowest BCUT2D eigenvalue weighted by atomic mass is 10.0. The van der Waals surface area contributed by atoms with Gasteiger partial charge in [0.1, 0.15) is 24.3 Å². The molecule has 2 heterocycles. The van der Waals surface area contributed by atoms with Crippen LogP contribution in [-0.4, -0.2) is 76.2 Å². The number of aromatic nitrogens is 2. The van der Waals surface area contributed by atoms with Crippen molar-refractivity contribution in [3.63, 3.8) is 0 Å². The largest absolute Gasteiger partial charge is 0.491 e. The average molecular weight is 421 g/mol. The minimum atomic E-state index is -0.580. The predicted molar refractivity (Wildman–Crippen MR) is 120 cm³/mol. The van der Waals surface area contributed by atoms with Crippen LogP contribution in [0.25, 0.3) is 21.9 Å². The standard InChI is InChI=1S/C24H28N4O3/c1-17-25-13-22(14-26-17)20-3-4-21-12-24(6-5-19(21)11-20)31-16-23(30)15-27-7-9-28(10-8-27)18(2)29/h3-6,11-14,23,30H,7-10,15-16H2,1-2H3. The molecule has 1 N–H and O–H groups in total. The van der Waals surface area contributed by atoms with E-state index < -0.39 is 6.10 Å². The number of aliphatic hydroxyl groups excluding tert-OH is 1. The van der Waals surface area contributed by atoms with E-state index in [4.69, 9.17) is 4.74 Å². The van der Waals surface area contributed by atoms with Crippen LogP contribution in [-0.2, 0) is 4.79 Å². The van der Waals surface area contributed by atoms with Gasteiger partial charge in [-0.25, -0.2) is 9.97 Å². The summed E-state index contributed by atoms with van der Waals surface area (Å²) >= 11 is 0. The molecule has 0 radical (unpaired) electrons. The number of aryl methyl sites for hydroxylation is 1. The molecule has 1 atom stereocenters. The number of rotatable bonds is 6. The van der Waals surface area contributed by atoms with Crippen LogP contribution < -0.4 is 4.74 Å². The molecule has 3 aromatic rings. The SMILES string of the molecule is CC(=O)N1CCN(CC(O)COc2ccc3cc(-c4cnc(C)nc4)ccc3c2)CC1. The Morgan fingerprint density at radius 3 is 2.42 bits per heavy atom. The van der Waals surface area contributed by atoms with E-state index in [1.807, 2.05) is 42.4 Å². The van der Waals surface area contributed by atoms with Gasteiger partial charge in [-0.3, -0.25) is 9.69 Å². The molecule has 0 aliphatic carbocycles. The maximum absolute atomic E-state index is 11.4. The monoisotopic (exact) mass is 420 g/mol. The number of carbonyl (C=O) groups excluding carboxylic acids is 1. The van der Waals surface area contributed by atoms with Crippen molar-refractivity contribution in [2.45, 2.75) is 20.0 Å². The van der Waals surface area contributed by atoms with Crippen molar-refractivity contribution >= 4 is 16.7 Å². The van der Waals surface area contributed by atoms with Crippen molar-refractivity contribution in [3.8, 4) is 16.9 Å². The Hall–Kier alpha value is -3.03. The summed E-state index contributed by atoms with van der Waals surface area (Å²) in [5.41, 5.74) is 2.06. The van der Waals surface area contributed by atoms with Crippen molar-refractivity contribution in [3.05, 3.63) is 54.6 Å². The van der Waals surface area contributed by atoms with Gasteiger partial charge in [-0.15, -0.1) is 0 Å². The van der Waals surface area contributed by atoms with E-state index in [2.05, 4.69) is 33.1 Å². The fourth-order valence-electron chi connectivity index (χ4n) is 3.82. The quantitative estimate of drug-likeness (QED) is 0.660. The first-order chi connectivity index (χ1) is 15.0. The molecule has 4 rings (SSSR count). The molecule has 7 heteroatoms. The van der Waals surface area contributed by atoms with Crippen LogP contribution in [0.2, 0.25) is 0 Å². The topological polar surface area (TPSA) is 78.8 Å². The highest BCUT2D eigenvalue weighted by molar-refractivity contribution is 5.88. The number of piperazine rings is 1. The van der Waals surface area contributed by atoms with E-state index in [0.717, 1.165) is 46.6 Å². The molecule has 1 unspecified atom stereocenters. The lowest BCUT2D eigenvalue weighted by molar-refractivity contribution is -0.130. The van der Waals surface area contributed by atoms with E-state index in [1.165, 1.54) is 0 Å². The van der Waals surface area contributed by atoms with Gasteiger partial charge < -0.3 is 14.7 Å². The molecular formula is C24H28N4O3. The minimum absolute atomic E-state index is 0.110. The Labute approximate surface area is 182 Å². The van der Waals surface area contributed by atoms with Gasteiger partial charge in [0.25, 0.3) is 0 Å². The molecule has 7 nitrogen and oxygen atoms in total. The molecule has 1 aliphatic heterocycles. The van der Waals surface area contributed by atoms with Gasteiger partial charge in [-0.2, -0.15) is 0 Å². The van der Waals surface area contributed by atoms with Gasteiger partial charge in [-0.05, 0) is 41.5 Å². The number of benzene rings is 2. The number of aliphatic hydroxyl groups is 1. The summed E-state index contributed by atoms with van der Waals surface area (Å²) < 4.78 is 5.84. The third kappa shape index (κ3) is 5.37. The van der Waals surface area contributed by atoms with Gasteiger partial charge in [0.05, 0.1) is 0 Å². The van der Waals surface area contributed by atoms with Crippen LogP contribution in [0.3, 0.4) is 0 Å². The van der Waals surface area contributed by atoms with E-state index in [0.29, 0.717) is 19.6 Å². The Morgan fingerprint density at radius 2 is 1.71 bits per heavy atom. The van der Waals surface area contributed by atoms with Gasteiger partial charge >= 0.3 is 0 Å². The average Bonchev–Trinajstić information content (AvgIpc) is 2.78. The Kier molecular flexibility index (Phi) is 6.44. The molecule has 31 heavy (non-hydrogen) atoms. The van der Waals surface area contributed by atoms with E-state index >= 15 is 0 Å². The lowest BCUT2D eigenvalue weighted by Gasteiger charge is -2.35. The number of hydrogen-bond donors (Lipinski definition) is 1. The van der Waals surface area contributed by atoms with Crippen molar-refractivity contribution in [2.75, 3.05) is 39.3 Å². The summed E-state index contributed by atoms with van der Waals surface area (Å²) in [5.74, 6) is 1.60. The van der Waals surface area contributed by atoms with Gasteiger partial charge in [0.2, 0.25) is 5.91 Å². The first-order valence-electron chi connectivity index (χ1n) is 10.6. The number of ether oxygens (including phenoxy) is 1. The van der Waals surface area contributed by atoms with Crippen LogP contribution in [0.5, 0.6) is 5.75 Å². The van der Waals surface area contributed by atoms with Crippen LogP contribution in [0.15, 0.2) is 48.8 Å². The van der Waals surface area contributed by atoms with Crippen molar-refractivity contribution in [1.29, 1.82) is 0 Å². The van der Waals surface area contributed by atoms with E-state index in [9.17, 15) is 9.90 Å². The molecule has 0 saturated carbocycles. The summed E-state index contributed by atoms with van der Waals surface area (Å²) in [6.45, 7) is 7.23. The molecule has 1 fully saturated rings. The molecule has 1 aliphatic rings. The highest BCUT2D eigenvalue weighted by atomic mass is 16.5. The molecular weight excluding hydrogens is 392 g/mol. The summed E-state index contributed by atoms with van der Waals surface area (Å²) in [6.07, 6.45) is 3.09. The second kappa shape index (κ2) is 9.41. The van der Waals surface area contributed by atoms with Crippen LogP contribution >= 0.6 is 0 Å². The smallest absolute Gasteiger partial charge is 0.219 e. The van der Waals surface area contributed by atoms with Gasteiger partial charge in [0, 0.05) is 57.6 Å². The molecule has 0 bridgehead atoms. The second-order valence-electron chi connectivity index (χ2n) is 8.01. The number of carbonyl (C=O) groups is 1. The first kappa shape index (κ1) is 21.2. The first-order valence-corrected chi connectivity index (χ1v) is 10.6. The number of β-amino-alcohol motifs (C(OH)–C–C–N with tert-alkyl or cyclic N) is 1. The zero-order valence-electron chi connectivity index (χ0n) is 18.0. The van der Waals surface area contributed by atoms with E-state index in [1.54, 1.807) is 6.92 Å². The summed E-state index contributed by atoms with van der Waals surface area (Å²) in [4.78, 5) is 24.0. The third-order valence-corrected chi connectivity index (χ3v) is 5.65. The van der Waals surface area contributed by atoms with Crippen molar-refractivity contribution in [2.24, 2.45) is 0 Å². The van der Waals surface area contributed by atoms with Crippen molar-refractivity contribution in [1.82, 2.24) is 19.8 Å². The number of amides is 1. The van der Waals surface area contributed by atoms with Crippen LogP contribution in [0.1, 0.15) is 12.7 Å². The minimum Gasteiger partial charge on any atom is -0.491 e. The molecule has 0 spiro atoms. The second-order valence-corrected chi connectivity index (χ2v) is 8.01. The number of hydrogen-bond acceptors (Lipinski definition) is 6. The van der Waals surface area contributed by atoms with Gasteiger partial charge in [0.15, 0.2) is 0 Å². The molecule has 1 aromatic heterocycles. The number of fused-ring (bicyclic) bond motifs is 1. The van der Waals surface area contributed by atoms with E-state index in [-0.39, 0.29) is 12.5 Å². The maximum atomic E-state index is 11.4. The summed E-state index contributed by atoms with van der Waals surface area (Å²) in [5, 5.41) is 12.6. The fourth-order valence-corrected chi connectivity index (χ4v) is 3.82. The van der Waals surface area contributed by atoms with Crippen LogP contribution in [0.4, 0.5) is 0 Å². The zero-order valence-corrected chi connectivity index (χ0v) is 18.0. The summed E-state index contributed by atoms with van der Waals surface area (Å²) in [7, 11) is 0. The van der Waals surface area contributed by atoms with Crippen molar-refractivity contribution < 1.29 is 14.6 Å². The lowest BCUT2D eigenvalue weighted by Crippen LogP contribution is -2.50. The zero-order chi connectivity index (χ0) is 21.8. The number of nitrogens with zero attached hydrogens (tertiary/aromatic N) is 4. The van der Waals surface area contributed by atoms with Gasteiger partial charge in [-0.1, -0.05) is 18.2 Å². The Balaban J connectivity index is 1.33. The third-order valence-electron chi connectivity index (χ3n) is 5.65. The molecule has 2 aromatic carbocycles. The van der Waals surface area contributed by atoms with Crippen LogP contribution in [0, 0.1) is 6.92 Å². The molecule has 1 amide bonds.